The molecule has 0 aromatic heterocycles. The van der Waals surface area contributed by atoms with Crippen LogP contribution in [0.1, 0.15) is 39.0 Å². The molecule has 0 unspecified atom stereocenters. The van der Waals surface area contributed by atoms with Crippen LogP contribution in [0.4, 0.5) is 0 Å². The van der Waals surface area contributed by atoms with E-state index in [-0.39, 0.29) is 24.2 Å². The van der Waals surface area contributed by atoms with Crippen LogP contribution in [-0.4, -0.2) is 25.5 Å². The van der Waals surface area contributed by atoms with E-state index in [4.69, 9.17) is 0 Å². The van der Waals surface area contributed by atoms with E-state index in [2.05, 4.69) is 17.6 Å². The number of carbonyl (C=O) groups is 1. The second-order valence-corrected chi connectivity index (χ2v) is 5.16. The van der Waals surface area contributed by atoms with Crippen molar-refractivity contribution in [2.24, 2.45) is 11.3 Å². The average Bonchev–Trinajstić information content (AvgIpc) is 2.81. The van der Waals surface area contributed by atoms with Crippen molar-refractivity contribution in [2.45, 2.75) is 39.0 Å². The van der Waals surface area contributed by atoms with E-state index in [9.17, 15) is 4.79 Å². The lowest BCUT2D eigenvalue weighted by Gasteiger charge is -2.16. The van der Waals surface area contributed by atoms with Crippen LogP contribution in [-0.2, 0) is 4.79 Å². The Morgan fingerprint density at radius 3 is 2.75 bits per heavy atom. The van der Waals surface area contributed by atoms with Crippen molar-refractivity contribution in [3.05, 3.63) is 0 Å². The molecule has 2 N–H and O–H groups in total. The van der Waals surface area contributed by atoms with Crippen LogP contribution in [0, 0.1) is 11.3 Å². The molecule has 0 aromatic carbocycles. The van der Waals surface area contributed by atoms with Crippen LogP contribution in [0.15, 0.2) is 0 Å². The van der Waals surface area contributed by atoms with Crippen molar-refractivity contribution in [1.29, 1.82) is 0 Å². The first-order valence-electron chi connectivity index (χ1n) is 6.24. The Balaban J connectivity index is 0.00000128. The lowest BCUT2D eigenvalue weighted by molar-refractivity contribution is -0.124. The molecule has 1 saturated carbocycles. The summed E-state index contributed by atoms with van der Waals surface area (Å²) in [4.78, 5) is 11.8. The summed E-state index contributed by atoms with van der Waals surface area (Å²) in [5.74, 6) is 0.491. The maximum Gasteiger partial charge on any atom is 0.224 e. The van der Waals surface area contributed by atoms with Crippen molar-refractivity contribution < 1.29 is 4.79 Å². The number of hydrogen-bond donors (Lipinski definition) is 2. The zero-order valence-electron chi connectivity index (χ0n) is 10.1. The summed E-state index contributed by atoms with van der Waals surface area (Å²) in [6.07, 6.45) is 6.14. The standard InChI is InChI=1S/C12H22N2O.ClH/c1-2-4-12(5-6-12)9-14-11(15)10-3-7-13-8-10;/h10,13H,2-9H2,1H3,(H,14,15);1H/t10-;/m0./s1. The summed E-state index contributed by atoms with van der Waals surface area (Å²) in [5.41, 5.74) is 0.483. The lowest BCUT2D eigenvalue weighted by Crippen LogP contribution is -2.35. The molecule has 1 aliphatic heterocycles. The van der Waals surface area contributed by atoms with Crippen LogP contribution in [0.3, 0.4) is 0 Å². The highest BCUT2D eigenvalue weighted by atomic mass is 35.5. The summed E-state index contributed by atoms with van der Waals surface area (Å²) < 4.78 is 0. The lowest BCUT2D eigenvalue weighted by atomic mass is 10.00. The molecule has 4 heteroatoms. The van der Waals surface area contributed by atoms with E-state index in [0.29, 0.717) is 5.41 Å². The minimum absolute atomic E-state index is 0. The SMILES string of the molecule is CCCC1(CNC(=O)[C@H]2CCNC2)CC1.Cl. The zero-order valence-corrected chi connectivity index (χ0v) is 10.9. The maximum absolute atomic E-state index is 11.8. The summed E-state index contributed by atoms with van der Waals surface area (Å²) in [6.45, 7) is 5.00. The minimum atomic E-state index is 0. The van der Waals surface area contributed by atoms with E-state index in [1.807, 2.05) is 0 Å². The Hall–Kier alpha value is -0.280. The molecular weight excluding hydrogens is 224 g/mol. The first kappa shape index (κ1) is 13.8. The molecule has 2 rings (SSSR count). The molecule has 0 bridgehead atoms. The Kier molecular flexibility index (Phi) is 5.06. The Morgan fingerprint density at radius 1 is 1.50 bits per heavy atom. The van der Waals surface area contributed by atoms with E-state index < -0.39 is 0 Å². The predicted octanol–water partition coefficient (Wildman–Crippen LogP) is 1.71. The highest BCUT2D eigenvalue weighted by molar-refractivity contribution is 5.85. The fourth-order valence-electron chi connectivity index (χ4n) is 2.52. The molecule has 2 fully saturated rings. The molecule has 16 heavy (non-hydrogen) atoms. The van der Waals surface area contributed by atoms with Gasteiger partial charge < -0.3 is 10.6 Å². The van der Waals surface area contributed by atoms with Gasteiger partial charge in [-0.15, -0.1) is 12.4 Å². The molecule has 1 heterocycles. The predicted molar refractivity (Wildman–Crippen MR) is 67.8 cm³/mol. The number of rotatable bonds is 5. The molecule has 94 valence electrons. The number of amides is 1. The average molecular weight is 247 g/mol. The third kappa shape index (κ3) is 3.36. The first-order chi connectivity index (χ1) is 7.26. The van der Waals surface area contributed by atoms with E-state index >= 15 is 0 Å². The van der Waals surface area contributed by atoms with Crippen molar-refractivity contribution in [2.75, 3.05) is 19.6 Å². The smallest absolute Gasteiger partial charge is 0.224 e. The van der Waals surface area contributed by atoms with Crippen LogP contribution < -0.4 is 10.6 Å². The summed E-state index contributed by atoms with van der Waals surface area (Å²) >= 11 is 0. The van der Waals surface area contributed by atoms with Gasteiger partial charge in [-0.25, -0.2) is 0 Å². The fourth-order valence-corrected chi connectivity index (χ4v) is 2.52. The van der Waals surface area contributed by atoms with E-state index in [0.717, 1.165) is 26.1 Å². The monoisotopic (exact) mass is 246 g/mol. The van der Waals surface area contributed by atoms with Crippen molar-refractivity contribution >= 4 is 18.3 Å². The molecule has 1 aliphatic carbocycles. The van der Waals surface area contributed by atoms with Gasteiger partial charge in [0, 0.05) is 13.1 Å². The number of halogens is 1. The highest BCUT2D eigenvalue weighted by Crippen LogP contribution is 2.48. The topological polar surface area (TPSA) is 41.1 Å². The van der Waals surface area contributed by atoms with Gasteiger partial charge >= 0.3 is 0 Å². The second kappa shape index (κ2) is 5.87. The van der Waals surface area contributed by atoms with Gasteiger partial charge in [0.05, 0.1) is 5.92 Å². The van der Waals surface area contributed by atoms with Gasteiger partial charge in [-0.1, -0.05) is 13.3 Å². The van der Waals surface area contributed by atoms with E-state index in [1.165, 1.54) is 25.7 Å². The second-order valence-electron chi connectivity index (χ2n) is 5.16. The van der Waals surface area contributed by atoms with Gasteiger partial charge in [0.2, 0.25) is 5.91 Å². The Morgan fingerprint density at radius 2 is 2.25 bits per heavy atom. The third-order valence-corrected chi connectivity index (χ3v) is 3.81. The van der Waals surface area contributed by atoms with Gasteiger partial charge in [-0.2, -0.15) is 0 Å². The molecule has 3 nitrogen and oxygen atoms in total. The molecule has 1 atom stereocenters. The van der Waals surface area contributed by atoms with Gasteiger partial charge in [0.1, 0.15) is 0 Å². The summed E-state index contributed by atoms with van der Waals surface area (Å²) in [6, 6.07) is 0. The molecule has 0 aromatic rings. The van der Waals surface area contributed by atoms with Crippen LogP contribution >= 0.6 is 12.4 Å². The largest absolute Gasteiger partial charge is 0.355 e. The van der Waals surface area contributed by atoms with Crippen molar-refractivity contribution in [3.63, 3.8) is 0 Å². The van der Waals surface area contributed by atoms with E-state index in [1.54, 1.807) is 0 Å². The van der Waals surface area contributed by atoms with Gasteiger partial charge in [-0.3, -0.25) is 4.79 Å². The van der Waals surface area contributed by atoms with Gasteiger partial charge in [0.15, 0.2) is 0 Å². The fraction of sp³-hybridized carbons (Fsp3) is 0.917. The van der Waals surface area contributed by atoms with Crippen molar-refractivity contribution in [3.8, 4) is 0 Å². The zero-order chi connectivity index (χ0) is 10.7. The van der Waals surface area contributed by atoms with Gasteiger partial charge in [-0.05, 0) is 37.6 Å². The summed E-state index contributed by atoms with van der Waals surface area (Å²) in [7, 11) is 0. The number of nitrogens with one attached hydrogen (secondary N) is 2. The molecule has 0 radical (unpaired) electrons. The van der Waals surface area contributed by atoms with Crippen LogP contribution in [0.5, 0.6) is 0 Å². The first-order valence-corrected chi connectivity index (χ1v) is 6.24. The highest BCUT2D eigenvalue weighted by Gasteiger charge is 2.41. The van der Waals surface area contributed by atoms with Crippen LogP contribution in [0.2, 0.25) is 0 Å². The maximum atomic E-state index is 11.8. The quantitative estimate of drug-likeness (QED) is 0.776. The normalized spacial score (nSPS) is 25.9. The number of hydrogen-bond acceptors (Lipinski definition) is 2. The molecule has 1 amide bonds. The summed E-state index contributed by atoms with van der Waals surface area (Å²) in [5, 5.41) is 6.36. The molecule has 0 spiro atoms. The van der Waals surface area contributed by atoms with Crippen molar-refractivity contribution in [1.82, 2.24) is 10.6 Å². The Bertz CT molecular complexity index is 235. The molecule has 2 aliphatic rings. The number of carbonyl (C=O) groups excluding carboxylic acids is 1. The van der Waals surface area contributed by atoms with Gasteiger partial charge in [0.25, 0.3) is 0 Å². The minimum Gasteiger partial charge on any atom is -0.355 e. The third-order valence-electron chi connectivity index (χ3n) is 3.81. The Labute approximate surface area is 104 Å². The molecular formula is C12H23ClN2O. The van der Waals surface area contributed by atoms with Crippen LogP contribution in [0.25, 0.3) is 0 Å². The molecule has 1 saturated heterocycles.